The molecule has 2 aromatic heterocycles. The molecule has 0 saturated carbocycles. The van der Waals surface area contributed by atoms with Gasteiger partial charge in [0.1, 0.15) is 0 Å². The Morgan fingerprint density at radius 1 is 1.21 bits per heavy atom. The lowest BCUT2D eigenvalue weighted by atomic mass is 10.1. The standard InChI is InChI=1S/C21H18BrN5OS/c1-13-5-7-14(8-6-13)19-24-21-27(25-19)17-9-10-26(12-18(17)29-21)20(28)23-16-4-2-3-15(22)11-16/h2-8,11H,9-10,12H2,1H3,(H,23,28). The van der Waals surface area contributed by atoms with Gasteiger partial charge in [-0.1, -0.05) is 63.2 Å². The highest BCUT2D eigenvalue weighted by atomic mass is 79.9. The van der Waals surface area contributed by atoms with Crippen molar-refractivity contribution in [1.29, 1.82) is 0 Å². The van der Waals surface area contributed by atoms with Crippen LogP contribution in [0.25, 0.3) is 16.3 Å². The van der Waals surface area contributed by atoms with Crippen molar-refractivity contribution >= 4 is 43.9 Å². The lowest BCUT2D eigenvalue weighted by Gasteiger charge is -2.26. The van der Waals surface area contributed by atoms with E-state index in [1.807, 2.05) is 33.7 Å². The lowest BCUT2D eigenvalue weighted by Crippen LogP contribution is -2.38. The number of aryl methyl sites for hydroxylation is 1. The van der Waals surface area contributed by atoms with E-state index in [1.54, 1.807) is 11.3 Å². The number of thiazole rings is 1. The van der Waals surface area contributed by atoms with E-state index in [2.05, 4.69) is 52.4 Å². The molecule has 3 heterocycles. The molecule has 0 bridgehead atoms. The molecule has 0 fully saturated rings. The second-order valence-corrected chi connectivity index (χ2v) is 9.06. The molecule has 2 amide bonds. The summed E-state index contributed by atoms with van der Waals surface area (Å²) in [6, 6.07) is 15.8. The Bertz CT molecular complexity index is 1210. The number of hydrogen-bond donors (Lipinski definition) is 1. The van der Waals surface area contributed by atoms with E-state index < -0.39 is 0 Å². The van der Waals surface area contributed by atoms with E-state index in [9.17, 15) is 4.79 Å². The van der Waals surface area contributed by atoms with E-state index in [1.165, 1.54) is 5.56 Å². The highest BCUT2D eigenvalue weighted by Crippen LogP contribution is 2.30. The van der Waals surface area contributed by atoms with Crippen LogP contribution in [0.3, 0.4) is 0 Å². The number of hydrogen-bond acceptors (Lipinski definition) is 4. The van der Waals surface area contributed by atoms with E-state index in [-0.39, 0.29) is 6.03 Å². The van der Waals surface area contributed by atoms with Crippen LogP contribution in [0.5, 0.6) is 0 Å². The third kappa shape index (κ3) is 3.54. The molecule has 2 aromatic carbocycles. The van der Waals surface area contributed by atoms with E-state index in [0.29, 0.717) is 13.1 Å². The summed E-state index contributed by atoms with van der Waals surface area (Å²) in [5.74, 6) is 0.744. The summed E-state index contributed by atoms with van der Waals surface area (Å²) >= 11 is 5.04. The Kier molecular flexibility index (Phi) is 4.60. The normalized spacial score (nSPS) is 13.5. The van der Waals surface area contributed by atoms with Gasteiger partial charge in [0.25, 0.3) is 0 Å². The zero-order valence-electron chi connectivity index (χ0n) is 15.7. The summed E-state index contributed by atoms with van der Waals surface area (Å²) < 4.78 is 2.88. The van der Waals surface area contributed by atoms with Crippen molar-refractivity contribution in [2.24, 2.45) is 0 Å². The number of nitrogens with zero attached hydrogens (tertiary/aromatic N) is 4. The van der Waals surface area contributed by atoms with Crippen molar-refractivity contribution in [3.63, 3.8) is 0 Å². The fourth-order valence-electron chi connectivity index (χ4n) is 3.46. The van der Waals surface area contributed by atoms with Gasteiger partial charge in [-0.2, -0.15) is 4.98 Å². The molecular formula is C21H18BrN5OS. The molecule has 1 N–H and O–H groups in total. The Hall–Kier alpha value is -2.71. The molecule has 0 radical (unpaired) electrons. The molecule has 8 heteroatoms. The van der Waals surface area contributed by atoms with Crippen LogP contribution in [-0.2, 0) is 13.0 Å². The number of rotatable bonds is 2. The molecule has 1 aliphatic heterocycles. The summed E-state index contributed by atoms with van der Waals surface area (Å²) in [6.07, 6.45) is 0.762. The zero-order valence-corrected chi connectivity index (χ0v) is 18.1. The monoisotopic (exact) mass is 467 g/mol. The van der Waals surface area contributed by atoms with E-state index >= 15 is 0 Å². The highest BCUT2D eigenvalue weighted by Gasteiger charge is 2.26. The van der Waals surface area contributed by atoms with Gasteiger partial charge in [-0.25, -0.2) is 9.31 Å². The first kappa shape index (κ1) is 18.3. The first-order chi connectivity index (χ1) is 14.1. The van der Waals surface area contributed by atoms with Crippen molar-refractivity contribution < 1.29 is 4.79 Å². The highest BCUT2D eigenvalue weighted by molar-refractivity contribution is 9.10. The third-order valence-corrected chi connectivity index (χ3v) is 6.55. The predicted octanol–water partition coefficient (Wildman–Crippen LogP) is 5.12. The van der Waals surface area contributed by atoms with Crippen LogP contribution in [0, 0.1) is 6.92 Å². The van der Waals surface area contributed by atoms with Gasteiger partial charge in [0.2, 0.25) is 4.96 Å². The van der Waals surface area contributed by atoms with Gasteiger partial charge in [-0.05, 0) is 25.1 Å². The van der Waals surface area contributed by atoms with Crippen LogP contribution in [0.15, 0.2) is 53.0 Å². The van der Waals surface area contributed by atoms with Crippen LogP contribution in [0.2, 0.25) is 0 Å². The van der Waals surface area contributed by atoms with E-state index in [4.69, 9.17) is 10.1 Å². The maximum absolute atomic E-state index is 12.7. The number of aromatic nitrogens is 3. The van der Waals surface area contributed by atoms with E-state index in [0.717, 1.165) is 43.5 Å². The minimum Gasteiger partial charge on any atom is -0.319 e. The number of anilines is 1. The van der Waals surface area contributed by atoms with Crippen molar-refractivity contribution in [3.05, 3.63) is 69.1 Å². The zero-order chi connectivity index (χ0) is 20.0. The van der Waals surface area contributed by atoms with Gasteiger partial charge < -0.3 is 10.2 Å². The maximum atomic E-state index is 12.7. The average Bonchev–Trinajstić information content (AvgIpc) is 3.26. The molecule has 0 atom stereocenters. The number of fused-ring (bicyclic) bond motifs is 3. The molecule has 0 aliphatic carbocycles. The second kappa shape index (κ2) is 7.27. The number of benzene rings is 2. The summed E-state index contributed by atoms with van der Waals surface area (Å²) in [5, 5.41) is 7.69. The first-order valence-corrected chi connectivity index (χ1v) is 10.9. The number of nitrogens with one attached hydrogen (secondary N) is 1. The molecule has 5 rings (SSSR count). The number of urea groups is 1. The topological polar surface area (TPSA) is 62.5 Å². The quantitative estimate of drug-likeness (QED) is 0.444. The average molecular weight is 468 g/mol. The minimum atomic E-state index is -0.0897. The summed E-state index contributed by atoms with van der Waals surface area (Å²) in [5.41, 5.74) is 4.17. The van der Waals surface area contributed by atoms with Crippen molar-refractivity contribution in [1.82, 2.24) is 19.5 Å². The van der Waals surface area contributed by atoms with Crippen molar-refractivity contribution in [2.75, 3.05) is 11.9 Å². The molecular weight excluding hydrogens is 450 g/mol. The van der Waals surface area contributed by atoms with Crippen molar-refractivity contribution in [3.8, 4) is 11.4 Å². The van der Waals surface area contributed by atoms with Gasteiger partial charge in [-0.15, -0.1) is 5.10 Å². The van der Waals surface area contributed by atoms with Gasteiger partial charge in [-0.3, -0.25) is 0 Å². The molecule has 0 unspecified atom stereocenters. The number of carbonyl (C=O) groups is 1. The van der Waals surface area contributed by atoms with Gasteiger partial charge in [0, 0.05) is 33.6 Å². The van der Waals surface area contributed by atoms with Gasteiger partial charge in [0.05, 0.1) is 12.2 Å². The molecule has 0 saturated heterocycles. The number of carbonyl (C=O) groups excluding carboxylic acids is 1. The summed E-state index contributed by atoms with van der Waals surface area (Å²) in [4.78, 5) is 21.2. The maximum Gasteiger partial charge on any atom is 0.322 e. The Morgan fingerprint density at radius 3 is 2.83 bits per heavy atom. The van der Waals surface area contributed by atoms with Crippen LogP contribution in [0.1, 0.15) is 16.1 Å². The Morgan fingerprint density at radius 2 is 2.03 bits per heavy atom. The first-order valence-electron chi connectivity index (χ1n) is 9.33. The Labute approximate surface area is 180 Å². The fourth-order valence-corrected chi connectivity index (χ4v) is 4.97. The predicted molar refractivity (Wildman–Crippen MR) is 118 cm³/mol. The smallest absolute Gasteiger partial charge is 0.319 e. The molecule has 29 heavy (non-hydrogen) atoms. The van der Waals surface area contributed by atoms with Crippen LogP contribution in [0.4, 0.5) is 10.5 Å². The molecule has 6 nitrogen and oxygen atoms in total. The largest absolute Gasteiger partial charge is 0.322 e. The van der Waals surface area contributed by atoms with Crippen LogP contribution in [-0.4, -0.2) is 32.1 Å². The van der Waals surface area contributed by atoms with Crippen LogP contribution >= 0.6 is 27.3 Å². The fraction of sp³-hybridized carbons (Fsp3) is 0.190. The SMILES string of the molecule is Cc1ccc(-c2nc3sc4c(n3n2)CCN(C(=O)Nc2cccc(Br)c2)C4)cc1. The molecule has 1 aliphatic rings. The number of halogens is 1. The second-order valence-electron chi connectivity index (χ2n) is 7.08. The number of amides is 2. The lowest BCUT2D eigenvalue weighted by molar-refractivity contribution is 0.206. The Balaban J connectivity index is 1.36. The van der Waals surface area contributed by atoms with Gasteiger partial charge >= 0.3 is 6.03 Å². The summed E-state index contributed by atoms with van der Waals surface area (Å²) in [7, 11) is 0. The van der Waals surface area contributed by atoms with Crippen LogP contribution < -0.4 is 5.32 Å². The minimum absolute atomic E-state index is 0.0897. The molecule has 4 aromatic rings. The third-order valence-electron chi connectivity index (χ3n) is 5.00. The van der Waals surface area contributed by atoms with Gasteiger partial charge in [0.15, 0.2) is 5.82 Å². The molecule has 146 valence electrons. The molecule has 0 spiro atoms. The van der Waals surface area contributed by atoms with Crippen molar-refractivity contribution in [2.45, 2.75) is 19.9 Å². The summed E-state index contributed by atoms with van der Waals surface area (Å²) in [6.45, 7) is 3.29.